The molecule has 0 saturated carbocycles. The van der Waals surface area contributed by atoms with Crippen molar-refractivity contribution in [3.05, 3.63) is 32.7 Å². The molecular formula is C15H16O4. The van der Waals surface area contributed by atoms with Crippen molar-refractivity contribution < 1.29 is 14.6 Å². The highest BCUT2D eigenvalue weighted by molar-refractivity contribution is 5.93. The molecule has 19 heavy (non-hydrogen) atoms. The van der Waals surface area contributed by atoms with Crippen molar-refractivity contribution >= 4 is 11.0 Å². The Morgan fingerprint density at radius 2 is 1.84 bits per heavy atom. The van der Waals surface area contributed by atoms with Gasteiger partial charge in [-0.25, -0.2) is 4.79 Å². The molecule has 0 bridgehead atoms. The topological polar surface area (TPSA) is 70.7 Å². The van der Waals surface area contributed by atoms with Crippen molar-refractivity contribution in [3.8, 4) is 11.5 Å². The van der Waals surface area contributed by atoms with Gasteiger partial charge in [0, 0.05) is 22.1 Å². The summed E-state index contributed by atoms with van der Waals surface area (Å²) in [6, 6.07) is 0. The summed E-state index contributed by atoms with van der Waals surface area (Å²) in [6.45, 7) is 5.40. The first-order chi connectivity index (χ1) is 8.93. The van der Waals surface area contributed by atoms with Gasteiger partial charge in [0.1, 0.15) is 5.58 Å². The summed E-state index contributed by atoms with van der Waals surface area (Å²) in [4.78, 5) is 11.9. The van der Waals surface area contributed by atoms with Gasteiger partial charge in [-0.3, -0.25) is 0 Å². The summed E-state index contributed by atoms with van der Waals surface area (Å²) < 4.78 is 5.34. The van der Waals surface area contributed by atoms with Crippen LogP contribution in [0.15, 0.2) is 9.21 Å². The van der Waals surface area contributed by atoms with Crippen LogP contribution in [-0.2, 0) is 6.42 Å². The minimum Gasteiger partial charge on any atom is -0.504 e. The fraction of sp³-hybridized carbons (Fsp3) is 0.400. The molecule has 100 valence electrons. The summed E-state index contributed by atoms with van der Waals surface area (Å²) >= 11 is 0. The lowest BCUT2D eigenvalue weighted by atomic mass is 9.81. The van der Waals surface area contributed by atoms with Crippen LogP contribution in [0.4, 0.5) is 0 Å². The zero-order chi connectivity index (χ0) is 13.9. The molecule has 0 fully saturated rings. The molecule has 1 aliphatic carbocycles. The zero-order valence-corrected chi connectivity index (χ0v) is 11.2. The maximum Gasteiger partial charge on any atom is 0.339 e. The van der Waals surface area contributed by atoms with Crippen LogP contribution >= 0.6 is 0 Å². The molecule has 0 radical (unpaired) electrons. The van der Waals surface area contributed by atoms with Crippen molar-refractivity contribution in [1.29, 1.82) is 0 Å². The molecule has 4 heteroatoms. The Morgan fingerprint density at radius 3 is 2.53 bits per heavy atom. The quantitative estimate of drug-likeness (QED) is 0.564. The Labute approximate surface area is 110 Å². The number of benzene rings is 1. The van der Waals surface area contributed by atoms with Crippen LogP contribution in [0.25, 0.3) is 11.0 Å². The Bertz CT molecular complexity index is 755. The Morgan fingerprint density at radius 1 is 1.16 bits per heavy atom. The van der Waals surface area contributed by atoms with E-state index in [1.54, 1.807) is 13.8 Å². The maximum absolute atomic E-state index is 11.9. The molecule has 1 aromatic heterocycles. The summed E-state index contributed by atoms with van der Waals surface area (Å²) in [5.41, 5.74) is 2.71. The smallest absolute Gasteiger partial charge is 0.339 e. The van der Waals surface area contributed by atoms with Gasteiger partial charge in [0.05, 0.1) is 0 Å². The predicted molar refractivity (Wildman–Crippen MR) is 72.0 cm³/mol. The first-order valence-corrected chi connectivity index (χ1v) is 6.44. The zero-order valence-electron chi connectivity index (χ0n) is 11.2. The summed E-state index contributed by atoms with van der Waals surface area (Å²) in [5, 5.41) is 21.0. The van der Waals surface area contributed by atoms with E-state index in [-0.39, 0.29) is 23.0 Å². The fourth-order valence-corrected chi connectivity index (χ4v) is 3.05. The first-order valence-electron chi connectivity index (χ1n) is 6.44. The molecule has 0 amide bonds. The van der Waals surface area contributed by atoms with Crippen LogP contribution in [0.5, 0.6) is 11.5 Å². The highest BCUT2D eigenvalue weighted by Crippen LogP contribution is 2.47. The lowest BCUT2D eigenvalue weighted by Gasteiger charge is -2.25. The molecule has 1 aliphatic rings. The second kappa shape index (κ2) is 3.76. The van der Waals surface area contributed by atoms with E-state index in [4.69, 9.17) is 4.42 Å². The van der Waals surface area contributed by atoms with Gasteiger partial charge in [-0.15, -0.1) is 0 Å². The summed E-state index contributed by atoms with van der Waals surface area (Å²) in [6.07, 6.45) is 1.65. The van der Waals surface area contributed by atoms with Crippen LogP contribution in [0, 0.1) is 13.8 Å². The van der Waals surface area contributed by atoms with Gasteiger partial charge in [0.25, 0.3) is 0 Å². The van der Waals surface area contributed by atoms with Gasteiger partial charge in [0.15, 0.2) is 11.5 Å². The SMILES string of the molecule is Cc1c2c3c(c(O)c(O)c(C)c3oc1=O)C(C)CC2. The predicted octanol–water partition coefficient (Wildman–Crippen LogP) is 2.87. The molecule has 1 unspecified atom stereocenters. The third-order valence-electron chi connectivity index (χ3n) is 4.25. The minimum atomic E-state index is -0.365. The van der Waals surface area contributed by atoms with Gasteiger partial charge in [-0.05, 0) is 38.2 Å². The van der Waals surface area contributed by atoms with Crippen molar-refractivity contribution in [3.63, 3.8) is 0 Å². The molecule has 0 aliphatic heterocycles. The standard InChI is InChI=1S/C15H16O4/c1-6-4-5-9-7(2)15(18)19-14-8(3)12(16)13(17)10(6)11(9)14/h6,16-17H,4-5H2,1-3H3. The molecule has 1 atom stereocenters. The Kier molecular flexibility index (Phi) is 2.39. The van der Waals surface area contributed by atoms with E-state index in [2.05, 4.69) is 0 Å². The van der Waals surface area contributed by atoms with E-state index in [0.29, 0.717) is 22.3 Å². The first kappa shape index (κ1) is 12.1. The van der Waals surface area contributed by atoms with Crippen LogP contribution in [0.1, 0.15) is 41.5 Å². The highest BCUT2D eigenvalue weighted by atomic mass is 16.4. The number of phenols is 2. The van der Waals surface area contributed by atoms with Gasteiger partial charge >= 0.3 is 5.63 Å². The maximum atomic E-state index is 11.9. The third-order valence-corrected chi connectivity index (χ3v) is 4.25. The number of hydrogen-bond donors (Lipinski definition) is 2. The van der Waals surface area contributed by atoms with Crippen molar-refractivity contribution in [1.82, 2.24) is 0 Å². The summed E-state index contributed by atoms with van der Waals surface area (Å²) in [5.74, 6) is -0.130. The second-order valence-corrected chi connectivity index (χ2v) is 5.37. The highest BCUT2D eigenvalue weighted by Gasteiger charge is 2.29. The third kappa shape index (κ3) is 1.43. The normalized spacial score (nSPS) is 17.9. The van der Waals surface area contributed by atoms with E-state index in [0.717, 1.165) is 23.8 Å². The van der Waals surface area contributed by atoms with E-state index >= 15 is 0 Å². The largest absolute Gasteiger partial charge is 0.504 e. The van der Waals surface area contributed by atoms with E-state index in [1.165, 1.54) is 0 Å². The van der Waals surface area contributed by atoms with E-state index in [1.807, 2.05) is 6.92 Å². The van der Waals surface area contributed by atoms with Crippen LogP contribution < -0.4 is 5.63 Å². The summed E-state index contributed by atoms with van der Waals surface area (Å²) in [7, 11) is 0. The Balaban J connectivity index is 2.65. The molecule has 1 aromatic carbocycles. The molecule has 0 saturated heterocycles. The van der Waals surface area contributed by atoms with E-state index < -0.39 is 0 Å². The number of aromatic hydroxyl groups is 2. The van der Waals surface area contributed by atoms with Gasteiger partial charge in [0.2, 0.25) is 0 Å². The molecule has 3 rings (SSSR count). The fourth-order valence-electron chi connectivity index (χ4n) is 3.05. The van der Waals surface area contributed by atoms with Crippen LogP contribution in [-0.4, -0.2) is 10.2 Å². The molecule has 4 nitrogen and oxygen atoms in total. The minimum absolute atomic E-state index is 0.0771. The lowest BCUT2D eigenvalue weighted by molar-refractivity contribution is 0.391. The van der Waals surface area contributed by atoms with Crippen molar-refractivity contribution in [2.24, 2.45) is 0 Å². The molecule has 0 spiro atoms. The molecule has 2 aromatic rings. The van der Waals surface area contributed by atoms with E-state index in [9.17, 15) is 15.0 Å². The number of aryl methyl sites for hydroxylation is 2. The van der Waals surface area contributed by atoms with Crippen LogP contribution in [0.3, 0.4) is 0 Å². The van der Waals surface area contributed by atoms with Crippen molar-refractivity contribution in [2.45, 2.75) is 39.5 Å². The van der Waals surface area contributed by atoms with Crippen molar-refractivity contribution in [2.75, 3.05) is 0 Å². The van der Waals surface area contributed by atoms with Gasteiger partial charge in [-0.1, -0.05) is 6.92 Å². The number of hydrogen-bond acceptors (Lipinski definition) is 4. The molecule has 2 N–H and O–H groups in total. The Hall–Kier alpha value is -1.97. The number of rotatable bonds is 0. The van der Waals surface area contributed by atoms with Gasteiger partial charge in [-0.2, -0.15) is 0 Å². The van der Waals surface area contributed by atoms with Gasteiger partial charge < -0.3 is 14.6 Å². The monoisotopic (exact) mass is 260 g/mol. The second-order valence-electron chi connectivity index (χ2n) is 5.37. The molecule has 1 heterocycles. The average Bonchev–Trinajstić information content (AvgIpc) is 2.38. The molecular weight excluding hydrogens is 244 g/mol. The number of phenolic OH excluding ortho intramolecular Hbond substituents is 2. The van der Waals surface area contributed by atoms with Crippen LogP contribution in [0.2, 0.25) is 0 Å². The lowest BCUT2D eigenvalue weighted by Crippen LogP contribution is -2.15. The average molecular weight is 260 g/mol.